The maximum absolute atomic E-state index is 13.7. The van der Waals surface area contributed by atoms with Gasteiger partial charge < -0.3 is 9.84 Å². The molecule has 122 valence electrons. The van der Waals surface area contributed by atoms with Gasteiger partial charge in [-0.3, -0.25) is 9.69 Å². The Labute approximate surface area is 130 Å². The van der Waals surface area contributed by atoms with Gasteiger partial charge in [0.25, 0.3) is 0 Å². The van der Waals surface area contributed by atoms with Crippen LogP contribution in [0, 0.1) is 11.7 Å². The number of aliphatic carboxylic acids is 1. The third-order valence-corrected chi connectivity index (χ3v) is 4.25. The molecule has 2 rings (SSSR count). The Balaban J connectivity index is 1.95. The van der Waals surface area contributed by atoms with E-state index in [-0.39, 0.29) is 23.5 Å². The molecule has 1 saturated heterocycles. The minimum atomic E-state index is -0.734. The first kappa shape index (κ1) is 16.7. The van der Waals surface area contributed by atoms with E-state index in [4.69, 9.17) is 4.74 Å². The average molecular weight is 309 g/mol. The number of benzene rings is 1. The van der Waals surface area contributed by atoms with Crippen LogP contribution in [0.2, 0.25) is 0 Å². The lowest BCUT2D eigenvalue weighted by atomic mass is 9.96. The van der Waals surface area contributed by atoms with E-state index in [0.29, 0.717) is 0 Å². The Morgan fingerprint density at radius 2 is 2.27 bits per heavy atom. The summed E-state index contributed by atoms with van der Waals surface area (Å²) in [6.45, 7) is 3.64. The van der Waals surface area contributed by atoms with E-state index < -0.39 is 5.97 Å². The van der Waals surface area contributed by atoms with Crippen LogP contribution in [-0.4, -0.2) is 42.2 Å². The third-order valence-electron chi connectivity index (χ3n) is 4.25. The number of rotatable bonds is 6. The second-order valence-corrected chi connectivity index (χ2v) is 6.12. The topological polar surface area (TPSA) is 49.8 Å². The van der Waals surface area contributed by atoms with E-state index in [1.54, 1.807) is 6.07 Å². The fourth-order valence-corrected chi connectivity index (χ4v) is 3.19. The van der Waals surface area contributed by atoms with E-state index >= 15 is 0 Å². The molecule has 22 heavy (non-hydrogen) atoms. The normalized spacial score (nSPS) is 20.6. The number of carbonyl (C=O) groups is 1. The van der Waals surface area contributed by atoms with Crippen LogP contribution in [0.5, 0.6) is 5.75 Å². The van der Waals surface area contributed by atoms with Gasteiger partial charge in [-0.15, -0.1) is 0 Å². The van der Waals surface area contributed by atoms with Crippen molar-refractivity contribution in [2.45, 2.75) is 38.6 Å². The molecule has 1 aromatic rings. The zero-order chi connectivity index (χ0) is 16.1. The van der Waals surface area contributed by atoms with Crippen molar-refractivity contribution in [2.75, 3.05) is 20.2 Å². The predicted octanol–water partition coefficient (Wildman–Crippen LogP) is 2.95. The van der Waals surface area contributed by atoms with Crippen LogP contribution in [0.25, 0.3) is 0 Å². The van der Waals surface area contributed by atoms with Crippen LogP contribution in [-0.2, 0) is 11.2 Å². The third kappa shape index (κ3) is 4.19. The molecule has 1 aliphatic heterocycles. The molecule has 0 radical (unpaired) electrons. The Morgan fingerprint density at radius 3 is 2.91 bits per heavy atom. The molecule has 0 amide bonds. The van der Waals surface area contributed by atoms with E-state index in [1.807, 2.05) is 6.07 Å². The average Bonchev–Trinajstić information content (AvgIpc) is 2.47. The van der Waals surface area contributed by atoms with Crippen molar-refractivity contribution < 1.29 is 19.0 Å². The van der Waals surface area contributed by atoms with E-state index in [0.717, 1.165) is 44.3 Å². The van der Waals surface area contributed by atoms with E-state index in [1.165, 1.54) is 13.2 Å². The molecular weight excluding hydrogens is 285 g/mol. The number of likely N-dealkylation sites (tertiary alicyclic amines) is 1. The minimum absolute atomic E-state index is 0.248. The quantitative estimate of drug-likeness (QED) is 0.878. The van der Waals surface area contributed by atoms with Crippen LogP contribution >= 0.6 is 0 Å². The van der Waals surface area contributed by atoms with Crippen LogP contribution in [0.1, 0.15) is 31.7 Å². The van der Waals surface area contributed by atoms with Gasteiger partial charge in [0.15, 0.2) is 11.6 Å². The summed E-state index contributed by atoms with van der Waals surface area (Å²) in [4.78, 5) is 13.4. The summed E-state index contributed by atoms with van der Waals surface area (Å²) >= 11 is 0. The Morgan fingerprint density at radius 1 is 1.50 bits per heavy atom. The fourth-order valence-electron chi connectivity index (χ4n) is 3.19. The van der Waals surface area contributed by atoms with Crippen molar-refractivity contribution in [1.82, 2.24) is 4.90 Å². The minimum Gasteiger partial charge on any atom is -0.494 e. The summed E-state index contributed by atoms with van der Waals surface area (Å²) < 4.78 is 18.6. The maximum Gasteiger partial charge on any atom is 0.320 e. The molecular formula is C17H24FNO3. The zero-order valence-corrected chi connectivity index (χ0v) is 13.2. The zero-order valence-electron chi connectivity index (χ0n) is 13.2. The highest BCUT2D eigenvalue weighted by Crippen LogP contribution is 2.22. The molecule has 1 aromatic carbocycles. The van der Waals surface area contributed by atoms with Crippen molar-refractivity contribution in [2.24, 2.45) is 5.92 Å². The van der Waals surface area contributed by atoms with Gasteiger partial charge in [-0.05, 0) is 49.4 Å². The Bertz CT molecular complexity index is 521. The summed E-state index contributed by atoms with van der Waals surface area (Å²) in [7, 11) is 1.45. The maximum atomic E-state index is 13.7. The molecule has 1 fully saturated rings. The Hall–Kier alpha value is -1.62. The molecule has 0 bridgehead atoms. The number of methoxy groups -OCH3 is 1. The SMILES string of the molecule is COc1ccc(CC(C)CN2CCCCC2C(=O)O)cc1F. The molecule has 5 heteroatoms. The predicted molar refractivity (Wildman–Crippen MR) is 82.7 cm³/mol. The van der Waals surface area contributed by atoms with Gasteiger partial charge in [-0.1, -0.05) is 19.4 Å². The lowest BCUT2D eigenvalue weighted by Crippen LogP contribution is -2.46. The molecule has 4 nitrogen and oxygen atoms in total. The van der Waals surface area contributed by atoms with Crippen molar-refractivity contribution in [3.63, 3.8) is 0 Å². The largest absolute Gasteiger partial charge is 0.494 e. The van der Waals surface area contributed by atoms with Gasteiger partial charge in [0, 0.05) is 6.54 Å². The molecule has 2 atom stereocenters. The van der Waals surface area contributed by atoms with Crippen LogP contribution < -0.4 is 4.74 Å². The number of ether oxygens (including phenoxy) is 1. The van der Waals surface area contributed by atoms with Crippen molar-refractivity contribution >= 4 is 5.97 Å². The Kier molecular flexibility index (Phi) is 5.77. The van der Waals surface area contributed by atoms with Crippen molar-refractivity contribution in [1.29, 1.82) is 0 Å². The van der Waals surface area contributed by atoms with Crippen molar-refractivity contribution in [3.05, 3.63) is 29.6 Å². The molecule has 0 aliphatic carbocycles. The lowest BCUT2D eigenvalue weighted by molar-refractivity contribution is -0.144. The number of piperidine rings is 1. The molecule has 1 heterocycles. The second-order valence-electron chi connectivity index (χ2n) is 6.12. The molecule has 0 aromatic heterocycles. The van der Waals surface area contributed by atoms with Gasteiger partial charge in [-0.2, -0.15) is 0 Å². The van der Waals surface area contributed by atoms with Gasteiger partial charge >= 0.3 is 5.97 Å². The van der Waals surface area contributed by atoms with Gasteiger partial charge in [0.05, 0.1) is 7.11 Å². The molecule has 1 N–H and O–H groups in total. The van der Waals surface area contributed by atoms with Crippen LogP contribution in [0.15, 0.2) is 18.2 Å². The monoisotopic (exact) mass is 309 g/mol. The number of nitrogens with zero attached hydrogens (tertiary/aromatic N) is 1. The summed E-state index contributed by atoms with van der Waals surface area (Å²) in [6, 6.07) is 4.63. The lowest BCUT2D eigenvalue weighted by Gasteiger charge is -2.34. The first-order valence-corrected chi connectivity index (χ1v) is 7.80. The molecule has 0 saturated carbocycles. The number of halogens is 1. The fraction of sp³-hybridized carbons (Fsp3) is 0.588. The smallest absolute Gasteiger partial charge is 0.320 e. The summed E-state index contributed by atoms with van der Waals surface area (Å²) in [6.07, 6.45) is 3.47. The van der Waals surface area contributed by atoms with Crippen LogP contribution in [0.4, 0.5) is 4.39 Å². The second kappa shape index (κ2) is 7.58. The first-order valence-electron chi connectivity index (χ1n) is 7.80. The van der Waals surface area contributed by atoms with Gasteiger partial charge in [-0.25, -0.2) is 4.39 Å². The van der Waals surface area contributed by atoms with Gasteiger partial charge in [0.2, 0.25) is 0 Å². The van der Waals surface area contributed by atoms with Crippen molar-refractivity contribution in [3.8, 4) is 5.75 Å². The highest BCUT2D eigenvalue weighted by molar-refractivity contribution is 5.73. The molecule has 1 aliphatic rings. The number of carboxylic acids is 1. The van der Waals surface area contributed by atoms with E-state index in [2.05, 4.69) is 11.8 Å². The van der Waals surface area contributed by atoms with Crippen LogP contribution in [0.3, 0.4) is 0 Å². The standard InChI is InChI=1S/C17H24FNO3/c1-12(9-13-6-7-16(22-2)14(18)10-13)11-19-8-4-3-5-15(19)17(20)21/h6-7,10,12,15H,3-5,8-9,11H2,1-2H3,(H,20,21). The van der Waals surface area contributed by atoms with E-state index in [9.17, 15) is 14.3 Å². The van der Waals surface area contributed by atoms with Gasteiger partial charge in [0.1, 0.15) is 6.04 Å². The molecule has 2 unspecified atom stereocenters. The highest BCUT2D eigenvalue weighted by Gasteiger charge is 2.29. The molecule has 0 spiro atoms. The highest BCUT2D eigenvalue weighted by atomic mass is 19.1. The summed E-state index contributed by atoms with van der Waals surface area (Å²) in [5.74, 6) is -0.568. The number of hydrogen-bond acceptors (Lipinski definition) is 3. The number of carboxylic acid groups (broad SMARTS) is 1. The summed E-state index contributed by atoms with van der Waals surface area (Å²) in [5.41, 5.74) is 0.912. The number of hydrogen-bond donors (Lipinski definition) is 1. The first-order chi connectivity index (χ1) is 10.5. The summed E-state index contributed by atoms with van der Waals surface area (Å²) in [5, 5.41) is 9.30.